The van der Waals surface area contributed by atoms with Crippen molar-refractivity contribution in [2.75, 3.05) is 60.7 Å². The molecule has 176 valence electrons. The number of likely N-dealkylation sites (tertiary alicyclic amines) is 1. The average molecular weight is 431 g/mol. The molecule has 0 aromatic carbocycles. The number of carboxylic acids is 1. The van der Waals surface area contributed by atoms with Crippen LogP contribution in [-0.2, 0) is 23.8 Å². The van der Waals surface area contributed by atoms with E-state index in [-0.39, 0.29) is 12.6 Å². The summed E-state index contributed by atoms with van der Waals surface area (Å²) >= 11 is 0. The van der Waals surface area contributed by atoms with Gasteiger partial charge in [-0.3, -0.25) is 9.59 Å². The van der Waals surface area contributed by atoms with Crippen LogP contribution in [0.25, 0.3) is 0 Å². The second-order valence-corrected chi connectivity index (χ2v) is 10.4. The van der Waals surface area contributed by atoms with Crippen molar-refractivity contribution in [1.29, 1.82) is 0 Å². The van der Waals surface area contributed by atoms with Crippen molar-refractivity contribution in [2.24, 2.45) is 22.7 Å². The number of hydrogen-bond acceptors (Lipinski definition) is 5. The standard InChI is InChI=1S/C23H43NO6/c1-8-23(4,20(25)26)15-19-17-24(5,6)16-18(19)9-10-22(2,3)21(27)30-14-13-29-12-11-28-7/h18-19H,8-17H2,1-7H3/p+1. The highest BCUT2D eigenvalue weighted by molar-refractivity contribution is 5.75. The van der Waals surface area contributed by atoms with Gasteiger partial charge in [0.05, 0.1) is 57.8 Å². The first-order valence-electron chi connectivity index (χ1n) is 11.2. The molecule has 0 saturated carbocycles. The van der Waals surface area contributed by atoms with Gasteiger partial charge in [-0.1, -0.05) is 6.92 Å². The fourth-order valence-electron chi connectivity index (χ4n) is 4.44. The molecule has 1 aliphatic rings. The predicted molar refractivity (Wildman–Crippen MR) is 116 cm³/mol. The van der Waals surface area contributed by atoms with Crippen LogP contribution in [0.5, 0.6) is 0 Å². The summed E-state index contributed by atoms with van der Waals surface area (Å²) in [5.74, 6) is -0.153. The lowest BCUT2D eigenvalue weighted by molar-refractivity contribution is -0.880. The summed E-state index contributed by atoms with van der Waals surface area (Å²) in [6, 6.07) is 0. The number of aliphatic carboxylic acids is 1. The number of hydrogen-bond donors (Lipinski definition) is 1. The van der Waals surface area contributed by atoms with Crippen LogP contribution >= 0.6 is 0 Å². The number of carboxylic acid groups (broad SMARTS) is 1. The summed E-state index contributed by atoms with van der Waals surface area (Å²) in [7, 11) is 6.03. The molecular formula is C23H44NO6+. The van der Waals surface area contributed by atoms with Crippen molar-refractivity contribution in [3.63, 3.8) is 0 Å². The third-order valence-electron chi connectivity index (χ3n) is 6.72. The molecule has 0 bridgehead atoms. The van der Waals surface area contributed by atoms with Crippen LogP contribution in [0, 0.1) is 22.7 Å². The molecule has 0 radical (unpaired) electrons. The smallest absolute Gasteiger partial charge is 0.311 e. The summed E-state index contributed by atoms with van der Waals surface area (Å²) in [5, 5.41) is 9.71. The van der Waals surface area contributed by atoms with Crippen LogP contribution in [0.2, 0.25) is 0 Å². The Morgan fingerprint density at radius 3 is 2.20 bits per heavy atom. The van der Waals surface area contributed by atoms with E-state index in [4.69, 9.17) is 14.2 Å². The fourth-order valence-corrected chi connectivity index (χ4v) is 4.44. The molecule has 0 aromatic heterocycles. The first-order valence-corrected chi connectivity index (χ1v) is 11.2. The van der Waals surface area contributed by atoms with Crippen molar-refractivity contribution in [3.8, 4) is 0 Å². The minimum Gasteiger partial charge on any atom is -0.481 e. The number of nitrogens with zero attached hydrogens (tertiary/aromatic N) is 1. The topological polar surface area (TPSA) is 82.1 Å². The first-order chi connectivity index (χ1) is 13.9. The van der Waals surface area contributed by atoms with E-state index in [0.29, 0.717) is 44.5 Å². The van der Waals surface area contributed by atoms with Gasteiger partial charge < -0.3 is 23.8 Å². The molecule has 1 saturated heterocycles. The van der Waals surface area contributed by atoms with Gasteiger partial charge in [-0.05, 0) is 46.5 Å². The highest BCUT2D eigenvalue weighted by atomic mass is 16.6. The Morgan fingerprint density at radius 1 is 1.03 bits per heavy atom. The van der Waals surface area contributed by atoms with Gasteiger partial charge in [0.25, 0.3) is 0 Å². The maximum Gasteiger partial charge on any atom is 0.311 e. The third-order valence-corrected chi connectivity index (χ3v) is 6.72. The Hall–Kier alpha value is -1.18. The van der Waals surface area contributed by atoms with E-state index in [2.05, 4.69) is 14.1 Å². The molecule has 1 aliphatic heterocycles. The molecule has 0 aliphatic carbocycles. The van der Waals surface area contributed by atoms with Crippen LogP contribution in [-0.4, -0.2) is 82.3 Å². The molecule has 0 aromatic rings. The van der Waals surface area contributed by atoms with Gasteiger partial charge in [0.1, 0.15) is 6.61 Å². The molecular weight excluding hydrogens is 386 g/mol. The van der Waals surface area contributed by atoms with Crippen LogP contribution in [0.4, 0.5) is 0 Å². The lowest BCUT2D eigenvalue weighted by Crippen LogP contribution is -2.37. The van der Waals surface area contributed by atoms with Crippen LogP contribution in [0.3, 0.4) is 0 Å². The normalized spacial score (nSPS) is 23.2. The lowest BCUT2D eigenvalue weighted by atomic mass is 9.73. The fraction of sp³-hybridized carbons (Fsp3) is 0.913. The van der Waals surface area contributed by atoms with Crippen molar-refractivity contribution < 1.29 is 33.4 Å². The largest absolute Gasteiger partial charge is 0.481 e. The minimum absolute atomic E-state index is 0.204. The molecule has 1 heterocycles. The predicted octanol–water partition coefficient (Wildman–Crippen LogP) is 3.21. The van der Waals surface area contributed by atoms with E-state index in [1.165, 1.54) is 0 Å². The first kappa shape index (κ1) is 26.9. The van der Waals surface area contributed by atoms with Gasteiger partial charge in [-0.15, -0.1) is 0 Å². The molecule has 1 fully saturated rings. The molecule has 0 amide bonds. The Balaban J connectivity index is 2.61. The Bertz CT molecular complexity index is 562. The number of esters is 1. The van der Waals surface area contributed by atoms with Gasteiger partial charge in [-0.2, -0.15) is 0 Å². The summed E-state index contributed by atoms with van der Waals surface area (Å²) < 4.78 is 16.6. The van der Waals surface area contributed by atoms with Gasteiger partial charge in [0, 0.05) is 18.9 Å². The lowest BCUT2D eigenvalue weighted by Gasteiger charge is -2.29. The average Bonchev–Trinajstić information content (AvgIpc) is 2.95. The number of methoxy groups -OCH3 is 1. The van der Waals surface area contributed by atoms with E-state index >= 15 is 0 Å². The Morgan fingerprint density at radius 2 is 1.63 bits per heavy atom. The minimum atomic E-state index is -0.711. The molecule has 1 N–H and O–H groups in total. The summed E-state index contributed by atoms with van der Waals surface area (Å²) in [6.07, 6.45) is 2.95. The van der Waals surface area contributed by atoms with Gasteiger partial charge in [-0.25, -0.2) is 0 Å². The zero-order chi connectivity index (χ0) is 23.0. The molecule has 7 nitrogen and oxygen atoms in total. The number of carbonyl (C=O) groups excluding carboxylic acids is 1. The SMILES string of the molecule is CCC(C)(CC1C[N+](C)(C)CC1CCC(C)(C)C(=O)OCCOCCOC)C(=O)O. The molecule has 0 spiro atoms. The highest BCUT2D eigenvalue weighted by Gasteiger charge is 2.45. The molecule has 30 heavy (non-hydrogen) atoms. The van der Waals surface area contributed by atoms with Crippen LogP contribution < -0.4 is 0 Å². The van der Waals surface area contributed by atoms with E-state index in [0.717, 1.165) is 30.4 Å². The van der Waals surface area contributed by atoms with Crippen LogP contribution in [0.1, 0.15) is 53.4 Å². The summed E-state index contributed by atoms with van der Waals surface area (Å²) in [4.78, 5) is 24.4. The Labute approximate surface area is 182 Å². The summed E-state index contributed by atoms with van der Waals surface area (Å²) in [6.45, 7) is 11.3. The molecule has 1 rings (SSSR count). The van der Waals surface area contributed by atoms with Gasteiger partial charge in [0.15, 0.2) is 0 Å². The van der Waals surface area contributed by atoms with E-state index in [1.807, 2.05) is 27.7 Å². The number of quaternary nitrogens is 1. The highest BCUT2D eigenvalue weighted by Crippen LogP contribution is 2.41. The summed E-state index contributed by atoms with van der Waals surface area (Å²) in [5.41, 5.74) is -1.26. The number of ether oxygens (including phenoxy) is 3. The van der Waals surface area contributed by atoms with E-state index in [9.17, 15) is 14.7 Å². The monoisotopic (exact) mass is 430 g/mol. The van der Waals surface area contributed by atoms with E-state index < -0.39 is 16.8 Å². The third kappa shape index (κ3) is 8.16. The second kappa shape index (κ2) is 11.4. The molecule has 7 heteroatoms. The van der Waals surface area contributed by atoms with Crippen molar-refractivity contribution in [2.45, 2.75) is 53.4 Å². The van der Waals surface area contributed by atoms with Gasteiger partial charge in [0.2, 0.25) is 0 Å². The zero-order valence-corrected chi connectivity index (χ0v) is 20.2. The maximum absolute atomic E-state index is 12.5. The maximum atomic E-state index is 12.5. The molecule has 3 atom stereocenters. The van der Waals surface area contributed by atoms with Crippen molar-refractivity contribution >= 4 is 11.9 Å². The number of rotatable bonds is 14. The van der Waals surface area contributed by atoms with E-state index in [1.54, 1.807) is 7.11 Å². The van der Waals surface area contributed by atoms with Crippen molar-refractivity contribution in [1.82, 2.24) is 0 Å². The molecule has 3 unspecified atom stereocenters. The van der Waals surface area contributed by atoms with Crippen molar-refractivity contribution in [3.05, 3.63) is 0 Å². The Kier molecular flexibility index (Phi) is 10.2. The van der Waals surface area contributed by atoms with Gasteiger partial charge >= 0.3 is 11.9 Å². The quantitative estimate of drug-likeness (QED) is 0.259. The van der Waals surface area contributed by atoms with Crippen LogP contribution in [0.15, 0.2) is 0 Å². The zero-order valence-electron chi connectivity index (χ0n) is 20.2. The number of carbonyl (C=O) groups is 2. The second-order valence-electron chi connectivity index (χ2n) is 10.4.